The second-order valence-corrected chi connectivity index (χ2v) is 15.5. The molecular weight excluding hydrogens is 679 g/mol. The standard InChI is InChI=1S/C40H47N5O6S/c1-25(2)34(44-33(46)23-51-32-17-11-16-29-21-41-19-18-30(29)32)37(48)43-31(20-27-13-7-6-8-14-27)35(47)39(50)45-24-52-40(4,5)36(45)38(49)42-22-28-15-10-9-12-26(28)3/h6-19,21,25,31,34-36,47H,20,22-24H2,1-5H3,(H,42,49)(H,43,48)(H,44,46)/t31-,34-,35-,36+/m0/s1. The smallest absolute Gasteiger partial charge is 0.258 e. The Morgan fingerprint density at radius 1 is 0.981 bits per heavy atom. The van der Waals surface area contributed by atoms with Crippen molar-refractivity contribution in [1.82, 2.24) is 25.8 Å². The molecular formula is C40H47N5O6S. The Hall–Kier alpha value is -4.94. The van der Waals surface area contributed by atoms with E-state index >= 15 is 0 Å². The third-order valence-electron chi connectivity index (χ3n) is 9.32. The monoisotopic (exact) mass is 725 g/mol. The highest BCUT2D eigenvalue weighted by Gasteiger charge is 2.50. The third-order valence-corrected chi connectivity index (χ3v) is 10.7. The van der Waals surface area contributed by atoms with E-state index in [9.17, 15) is 24.3 Å². The van der Waals surface area contributed by atoms with E-state index in [4.69, 9.17) is 4.74 Å². The van der Waals surface area contributed by atoms with Crippen molar-refractivity contribution in [2.75, 3.05) is 12.5 Å². The van der Waals surface area contributed by atoms with E-state index in [1.165, 1.54) is 16.7 Å². The number of pyridine rings is 1. The van der Waals surface area contributed by atoms with E-state index in [2.05, 4.69) is 20.9 Å². The number of aryl methyl sites for hydroxylation is 1. The van der Waals surface area contributed by atoms with Gasteiger partial charge in [-0.2, -0.15) is 0 Å². The van der Waals surface area contributed by atoms with Gasteiger partial charge < -0.3 is 30.7 Å². The summed E-state index contributed by atoms with van der Waals surface area (Å²) in [7, 11) is 0. The first kappa shape index (κ1) is 38.3. The molecule has 0 spiro atoms. The summed E-state index contributed by atoms with van der Waals surface area (Å²) in [5, 5.41) is 22.0. The molecule has 12 heteroatoms. The number of carbonyl (C=O) groups excluding carboxylic acids is 4. The molecule has 1 fully saturated rings. The van der Waals surface area contributed by atoms with Crippen LogP contribution in [-0.2, 0) is 32.1 Å². The summed E-state index contributed by atoms with van der Waals surface area (Å²) in [6.07, 6.45) is 1.80. The predicted molar refractivity (Wildman–Crippen MR) is 202 cm³/mol. The molecule has 5 rings (SSSR count). The van der Waals surface area contributed by atoms with Gasteiger partial charge in [0.1, 0.15) is 17.8 Å². The summed E-state index contributed by atoms with van der Waals surface area (Å²) in [6.45, 7) is 9.32. The van der Waals surface area contributed by atoms with Crippen LogP contribution in [0.3, 0.4) is 0 Å². The molecule has 52 heavy (non-hydrogen) atoms. The average Bonchev–Trinajstić information content (AvgIpc) is 3.46. The van der Waals surface area contributed by atoms with Crippen molar-refractivity contribution in [1.29, 1.82) is 0 Å². The highest BCUT2D eigenvalue weighted by atomic mass is 32.2. The van der Waals surface area contributed by atoms with E-state index in [-0.39, 0.29) is 30.7 Å². The molecule has 0 aliphatic carbocycles. The van der Waals surface area contributed by atoms with Gasteiger partial charge in [-0.3, -0.25) is 24.2 Å². The van der Waals surface area contributed by atoms with Crippen LogP contribution in [0.25, 0.3) is 10.8 Å². The van der Waals surface area contributed by atoms with E-state index in [1.807, 2.05) is 87.5 Å². The molecule has 1 saturated heterocycles. The van der Waals surface area contributed by atoms with Crippen LogP contribution in [0.1, 0.15) is 44.4 Å². The van der Waals surface area contributed by atoms with E-state index < -0.39 is 46.7 Å². The Morgan fingerprint density at radius 3 is 2.44 bits per heavy atom. The van der Waals surface area contributed by atoms with Crippen LogP contribution in [0.2, 0.25) is 0 Å². The Bertz CT molecular complexity index is 1880. The largest absolute Gasteiger partial charge is 0.483 e. The minimum atomic E-state index is -1.68. The molecule has 1 aromatic heterocycles. The fraction of sp³-hybridized carbons (Fsp3) is 0.375. The predicted octanol–water partition coefficient (Wildman–Crippen LogP) is 4.15. The van der Waals surface area contributed by atoms with E-state index in [1.54, 1.807) is 38.4 Å². The van der Waals surface area contributed by atoms with Crippen molar-refractivity contribution >= 4 is 46.2 Å². The molecule has 0 unspecified atom stereocenters. The Labute approximate surface area is 308 Å². The summed E-state index contributed by atoms with van der Waals surface area (Å²) in [5.41, 5.74) is 2.79. The first-order chi connectivity index (χ1) is 24.9. The van der Waals surface area contributed by atoms with Gasteiger partial charge in [-0.05, 0) is 61.9 Å². The minimum Gasteiger partial charge on any atom is -0.483 e. The Balaban J connectivity index is 1.29. The van der Waals surface area contributed by atoms with Crippen LogP contribution in [0.5, 0.6) is 5.75 Å². The molecule has 3 aromatic carbocycles. The molecule has 0 saturated carbocycles. The zero-order valence-corrected chi connectivity index (χ0v) is 31.0. The molecule has 0 bridgehead atoms. The van der Waals surface area contributed by atoms with Crippen molar-refractivity contribution in [2.24, 2.45) is 5.92 Å². The highest BCUT2D eigenvalue weighted by molar-refractivity contribution is 8.00. The number of nitrogens with zero attached hydrogens (tertiary/aromatic N) is 2. The number of thioether (sulfide) groups is 1. The summed E-state index contributed by atoms with van der Waals surface area (Å²) < 4.78 is 5.19. The second-order valence-electron chi connectivity index (χ2n) is 13.9. The number of amides is 4. The van der Waals surface area contributed by atoms with Crippen molar-refractivity contribution < 1.29 is 29.0 Å². The number of rotatable bonds is 14. The van der Waals surface area contributed by atoms with Crippen LogP contribution in [0, 0.1) is 12.8 Å². The van der Waals surface area contributed by atoms with Crippen LogP contribution in [0.4, 0.5) is 0 Å². The SMILES string of the molecule is Cc1ccccc1CNC(=O)[C@H]1N(C(=O)[C@@H](O)[C@H](Cc2ccccc2)NC(=O)[C@@H](NC(=O)COc2cccc3cnccc23)C(C)C)CSC1(C)C. The second kappa shape index (κ2) is 17.1. The first-order valence-corrected chi connectivity index (χ1v) is 18.4. The van der Waals surface area contributed by atoms with Gasteiger partial charge in [0.25, 0.3) is 11.8 Å². The number of benzene rings is 3. The number of aliphatic hydroxyl groups excluding tert-OH is 1. The van der Waals surface area contributed by atoms with Gasteiger partial charge in [-0.25, -0.2) is 0 Å². The lowest BCUT2D eigenvalue weighted by molar-refractivity contribution is -0.148. The van der Waals surface area contributed by atoms with Gasteiger partial charge in [0, 0.05) is 34.5 Å². The third kappa shape index (κ3) is 9.29. The fourth-order valence-corrected chi connectivity index (χ4v) is 7.48. The maximum absolute atomic E-state index is 14.1. The minimum absolute atomic E-state index is 0.131. The van der Waals surface area contributed by atoms with Gasteiger partial charge >= 0.3 is 0 Å². The molecule has 4 aromatic rings. The fourth-order valence-electron chi connectivity index (χ4n) is 6.34. The Kier molecular flexibility index (Phi) is 12.6. The van der Waals surface area contributed by atoms with E-state index in [0.717, 1.165) is 27.5 Å². The lowest BCUT2D eigenvalue weighted by Crippen LogP contribution is -2.60. The van der Waals surface area contributed by atoms with Crippen LogP contribution >= 0.6 is 11.8 Å². The van der Waals surface area contributed by atoms with Crippen LogP contribution < -0.4 is 20.7 Å². The number of nitrogens with one attached hydrogen (secondary N) is 3. The average molecular weight is 726 g/mol. The number of carbonyl (C=O) groups is 4. The first-order valence-electron chi connectivity index (χ1n) is 17.4. The number of aromatic nitrogens is 1. The molecule has 274 valence electrons. The van der Waals surface area contributed by atoms with Crippen LogP contribution in [-0.4, -0.2) is 80.1 Å². The van der Waals surface area contributed by atoms with Crippen molar-refractivity contribution in [2.45, 2.75) is 76.6 Å². The van der Waals surface area contributed by atoms with E-state index in [0.29, 0.717) is 12.3 Å². The lowest BCUT2D eigenvalue weighted by atomic mass is 9.96. The van der Waals surface area contributed by atoms with Crippen molar-refractivity contribution in [3.63, 3.8) is 0 Å². The summed E-state index contributed by atoms with van der Waals surface area (Å²) >= 11 is 1.45. The number of fused-ring (bicyclic) bond motifs is 1. The van der Waals surface area contributed by atoms with Gasteiger partial charge in [0.2, 0.25) is 11.8 Å². The Morgan fingerprint density at radius 2 is 1.71 bits per heavy atom. The maximum atomic E-state index is 14.1. The molecule has 11 nitrogen and oxygen atoms in total. The number of hydrogen-bond acceptors (Lipinski definition) is 8. The number of hydrogen-bond donors (Lipinski definition) is 4. The van der Waals surface area contributed by atoms with Crippen molar-refractivity contribution in [3.8, 4) is 5.75 Å². The lowest BCUT2D eigenvalue weighted by Gasteiger charge is -2.34. The van der Waals surface area contributed by atoms with Gasteiger partial charge in [0.15, 0.2) is 12.7 Å². The van der Waals surface area contributed by atoms with Crippen molar-refractivity contribution in [3.05, 3.63) is 108 Å². The molecule has 2 heterocycles. The molecule has 0 radical (unpaired) electrons. The zero-order valence-electron chi connectivity index (χ0n) is 30.2. The van der Waals surface area contributed by atoms with Crippen LogP contribution in [0.15, 0.2) is 91.3 Å². The number of ether oxygens (including phenoxy) is 1. The quantitative estimate of drug-likeness (QED) is 0.152. The maximum Gasteiger partial charge on any atom is 0.258 e. The molecule has 4 N–H and O–H groups in total. The van der Waals surface area contributed by atoms with Gasteiger partial charge in [0.05, 0.1) is 11.9 Å². The summed E-state index contributed by atoms with van der Waals surface area (Å²) in [6, 6.07) is 21.3. The summed E-state index contributed by atoms with van der Waals surface area (Å²) in [4.78, 5) is 60.3. The van der Waals surface area contributed by atoms with Gasteiger partial charge in [-0.1, -0.05) is 80.6 Å². The highest BCUT2D eigenvalue weighted by Crippen LogP contribution is 2.40. The zero-order chi connectivity index (χ0) is 37.4. The summed E-state index contributed by atoms with van der Waals surface area (Å²) in [5.74, 6) is -1.70. The topological polar surface area (TPSA) is 150 Å². The number of aliphatic hydroxyl groups is 1. The normalized spacial score (nSPS) is 16.9. The molecule has 4 amide bonds. The molecule has 1 aliphatic rings. The molecule has 1 aliphatic heterocycles. The van der Waals surface area contributed by atoms with Gasteiger partial charge in [-0.15, -0.1) is 11.8 Å². The molecule has 4 atom stereocenters.